The number of nitrogens with zero attached hydrogens (tertiary/aromatic N) is 1. The van der Waals surface area contributed by atoms with Crippen LogP contribution in [0.3, 0.4) is 0 Å². The molecule has 0 aliphatic rings. The van der Waals surface area contributed by atoms with E-state index in [-0.39, 0.29) is 25.0 Å². The first-order valence-corrected chi connectivity index (χ1v) is 10.7. The summed E-state index contributed by atoms with van der Waals surface area (Å²) in [5.74, 6) is -1.06. The quantitative estimate of drug-likeness (QED) is 0.447. The van der Waals surface area contributed by atoms with Crippen LogP contribution in [-0.2, 0) is 35.3 Å². The van der Waals surface area contributed by atoms with Crippen LogP contribution in [-0.4, -0.2) is 58.0 Å². The molecule has 0 radical (unpaired) electrons. The molecule has 1 atom stereocenters. The molecule has 1 rings (SSSR count). The van der Waals surface area contributed by atoms with Gasteiger partial charge in [0.05, 0.1) is 19.5 Å². The van der Waals surface area contributed by atoms with Gasteiger partial charge in [-0.05, 0) is 17.4 Å². The number of ether oxygens (including phenoxy) is 1. The highest BCUT2D eigenvalue weighted by molar-refractivity contribution is 7.86. The maximum absolute atomic E-state index is 12.4. The zero-order valence-corrected chi connectivity index (χ0v) is 18.3. The molecule has 2 amide bonds. The van der Waals surface area contributed by atoms with E-state index in [0.717, 1.165) is 10.6 Å². The van der Waals surface area contributed by atoms with Gasteiger partial charge in [-0.25, -0.2) is 9.86 Å². The Morgan fingerprint density at radius 2 is 1.79 bits per heavy atom. The van der Waals surface area contributed by atoms with Gasteiger partial charge < -0.3 is 10.1 Å². The van der Waals surface area contributed by atoms with E-state index in [0.29, 0.717) is 0 Å². The van der Waals surface area contributed by atoms with Crippen LogP contribution in [0.2, 0.25) is 0 Å². The van der Waals surface area contributed by atoms with Crippen LogP contribution in [0, 0.1) is 5.41 Å². The van der Waals surface area contributed by atoms with Crippen LogP contribution in [0.4, 0.5) is 4.79 Å². The lowest BCUT2D eigenvalue weighted by Gasteiger charge is -2.23. The van der Waals surface area contributed by atoms with Crippen molar-refractivity contribution in [1.29, 1.82) is 0 Å². The number of benzene rings is 1. The van der Waals surface area contributed by atoms with Gasteiger partial charge in [0.15, 0.2) is 0 Å². The van der Waals surface area contributed by atoms with Gasteiger partial charge in [-0.3, -0.25) is 13.8 Å². The molecule has 0 saturated heterocycles. The first-order valence-electron chi connectivity index (χ1n) is 9.09. The Hall–Kier alpha value is -2.17. The smallest absolute Gasteiger partial charge is 0.408 e. The first kappa shape index (κ1) is 24.9. The Morgan fingerprint density at radius 1 is 1.17 bits per heavy atom. The van der Waals surface area contributed by atoms with Gasteiger partial charge in [0.2, 0.25) is 0 Å². The Morgan fingerprint density at radius 3 is 2.34 bits per heavy atom. The van der Waals surface area contributed by atoms with E-state index in [1.807, 2.05) is 26.8 Å². The summed E-state index contributed by atoms with van der Waals surface area (Å²) in [6, 6.07) is 7.86. The second-order valence-electron chi connectivity index (χ2n) is 7.65. The standard InChI is InChI=1S/C19H30N2O7S/c1-19(2,3)14-28-29(24,25)12-11-16(17(22)21(4)26-5)20-18(23)27-13-15-9-7-6-8-10-15/h6-10,16H,11-14H2,1-5H3,(H,20,23). The van der Waals surface area contributed by atoms with E-state index in [1.54, 1.807) is 24.3 Å². The third-order valence-corrected chi connectivity index (χ3v) is 4.93. The molecule has 0 fully saturated rings. The van der Waals surface area contributed by atoms with Crippen molar-refractivity contribution in [2.24, 2.45) is 5.41 Å². The molecule has 0 heterocycles. The van der Waals surface area contributed by atoms with Crippen LogP contribution in [0.25, 0.3) is 0 Å². The largest absolute Gasteiger partial charge is 0.445 e. The topological polar surface area (TPSA) is 111 Å². The molecule has 0 bridgehead atoms. The zero-order chi connectivity index (χ0) is 22.1. The molecular formula is C19H30N2O7S. The van der Waals surface area contributed by atoms with E-state index < -0.39 is 33.9 Å². The third kappa shape index (κ3) is 10.2. The molecule has 0 saturated carbocycles. The Balaban J connectivity index is 2.70. The van der Waals surface area contributed by atoms with Gasteiger partial charge in [0, 0.05) is 7.05 Å². The highest BCUT2D eigenvalue weighted by Crippen LogP contribution is 2.15. The summed E-state index contributed by atoms with van der Waals surface area (Å²) in [4.78, 5) is 29.4. The minimum atomic E-state index is -3.87. The molecule has 9 nitrogen and oxygen atoms in total. The fourth-order valence-electron chi connectivity index (χ4n) is 2.06. The van der Waals surface area contributed by atoms with E-state index in [4.69, 9.17) is 13.8 Å². The summed E-state index contributed by atoms with van der Waals surface area (Å²) in [7, 11) is -1.23. The number of hydroxylamine groups is 2. The number of hydrogen-bond donors (Lipinski definition) is 1. The first-order chi connectivity index (χ1) is 13.4. The van der Waals surface area contributed by atoms with Crippen molar-refractivity contribution < 1.29 is 31.8 Å². The van der Waals surface area contributed by atoms with E-state index in [2.05, 4.69) is 5.32 Å². The van der Waals surface area contributed by atoms with Gasteiger partial charge in [-0.1, -0.05) is 51.1 Å². The molecule has 0 aliphatic carbocycles. The minimum Gasteiger partial charge on any atom is -0.445 e. The van der Waals surface area contributed by atoms with Crippen molar-refractivity contribution in [2.75, 3.05) is 26.5 Å². The lowest BCUT2D eigenvalue weighted by Crippen LogP contribution is -2.48. The molecule has 1 aromatic carbocycles. The predicted molar refractivity (Wildman–Crippen MR) is 107 cm³/mol. The molecule has 29 heavy (non-hydrogen) atoms. The molecular weight excluding hydrogens is 400 g/mol. The fraction of sp³-hybridized carbons (Fsp3) is 0.579. The van der Waals surface area contributed by atoms with Gasteiger partial charge in [-0.15, -0.1) is 0 Å². The Kier molecular flexibility index (Phi) is 9.54. The summed E-state index contributed by atoms with van der Waals surface area (Å²) in [6.07, 6.45) is -1.04. The lowest BCUT2D eigenvalue weighted by molar-refractivity contribution is -0.171. The van der Waals surface area contributed by atoms with Crippen LogP contribution in [0.1, 0.15) is 32.8 Å². The van der Waals surface area contributed by atoms with Gasteiger partial charge in [0.1, 0.15) is 12.6 Å². The number of amides is 2. The van der Waals surface area contributed by atoms with E-state index in [1.165, 1.54) is 14.2 Å². The summed E-state index contributed by atoms with van der Waals surface area (Å²) >= 11 is 0. The number of rotatable bonds is 10. The van der Waals surface area contributed by atoms with Gasteiger partial charge in [0.25, 0.3) is 16.0 Å². The normalized spacial score (nSPS) is 12.9. The Bertz CT molecular complexity index is 761. The molecule has 0 aliphatic heterocycles. The van der Waals surface area contributed by atoms with Crippen molar-refractivity contribution in [1.82, 2.24) is 10.4 Å². The number of hydrogen-bond acceptors (Lipinski definition) is 7. The Labute approximate surface area is 172 Å². The van der Waals surface area contributed by atoms with Crippen molar-refractivity contribution in [3.05, 3.63) is 35.9 Å². The number of carbonyl (C=O) groups excluding carboxylic acids is 2. The van der Waals surface area contributed by atoms with Crippen LogP contribution < -0.4 is 5.32 Å². The van der Waals surface area contributed by atoms with Crippen molar-refractivity contribution in [3.63, 3.8) is 0 Å². The van der Waals surface area contributed by atoms with Crippen molar-refractivity contribution >= 4 is 22.1 Å². The predicted octanol–water partition coefficient (Wildman–Crippen LogP) is 2.08. The molecule has 0 spiro atoms. The summed E-state index contributed by atoms with van der Waals surface area (Å²) in [6.45, 7) is 5.55. The SMILES string of the molecule is CON(C)C(=O)C(CCS(=O)(=O)OCC(C)(C)C)NC(=O)OCc1ccccc1. The number of likely N-dealkylation sites (N-methyl/N-ethyl adjacent to an activating group) is 1. The van der Waals surface area contributed by atoms with Crippen LogP contribution in [0.15, 0.2) is 30.3 Å². The molecule has 1 aromatic rings. The maximum Gasteiger partial charge on any atom is 0.408 e. The van der Waals surface area contributed by atoms with Crippen LogP contribution >= 0.6 is 0 Å². The lowest BCUT2D eigenvalue weighted by atomic mass is 9.99. The van der Waals surface area contributed by atoms with Crippen LogP contribution in [0.5, 0.6) is 0 Å². The highest BCUT2D eigenvalue weighted by Gasteiger charge is 2.28. The number of nitrogens with one attached hydrogen (secondary N) is 1. The van der Waals surface area contributed by atoms with Crippen molar-refractivity contribution in [2.45, 2.75) is 39.8 Å². The van der Waals surface area contributed by atoms with E-state index >= 15 is 0 Å². The molecule has 10 heteroatoms. The minimum absolute atomic E-state index is 0.0124. The average Bonchev–Trinajstić information content (AvgIpc) is 2.67. The molecule has 0 aromatic heterocycles. The molecule has 164 valence electrons. The van der Waals surface area contributed by atoms with Crippen molar-refractivity contribution in [3.8, 4) is 0 Å². The monoisotopic (exact) mass is 430 g/mol. The van der Waals surface area contributed by atoms with Gasteiger partial charge in [-0.2, -0.15) is 8.42 Å². The molecule has 1 N–H and O–H groups in total. The highest BCUT2D eigenvalue weighted by atomic mass is 32.2. The number of carbonyl (C=O) groups is 2. The third-order valence-electron chi connectivity index (χ3n) is 3.72. The van der Waals surface area contributed by atoms with Gasteiger partial charge >= 0.3 is 6.09 Å². The summed E-state index contributed by atoms with van der Waals surface area (Å²) < 4.78 is 34.3. The second kappa shape index (κ2) is 11.1. The molecule has 1 unspecified atom stereocenters. The van der Waals surface area contributed by atoms with E-state index in [9.17, 15) is 18.0 Å². The summed E-state index contributed by atoms with van der Waals surface area (Å²) in [5.41, 5.74) is 0.440. The zero-order valence-electron chi connectivity index (χ0n) is 17.5. The number of alkyl carbamates (subject to hydrolysis) is 1. The fourth-order valence-corrected chi connectivity index (χ4v) is 3.24. The average molecular weight is 431 g/mol. The summed E-state index contributed by atoms with van der Waals surface area (Å²) in [5, 5.41) is 3.30. The maximum atomic E-state index is 12.4. The second-order valence-corrected chi connectivity index (χ2v) is 9.41.